The lowest BCUT2D eigenvalue weighted by Crippen LogP contribution is -2.48. The first-order valence-electron chi connectivity index (χ1n) is 11.9. The predicted molar refractivity (Wildman–Crippen MR) is 133 cm³/mol. The molecule has 0 saturated carbocycles. The Kier molecular flexibility index (Phi) is 7.37. The van der Waals surface area contributed by atoms with Crippen LogP contribution in [-0.2, 0) is 21.4 Å². The van der Waals surface area contributed by atoms with Gasteiger partial charge in [0.1, 0.15) is 6.54 Å². The maximum absolute atomic E-state index is 13.5. The molecule has 1 saturated heterocycles. The first kappa shape index (κ1) is 25.1. The molecule has 35 heavy (non-hydrogen) atoms. The van der Waals surface area contributed by atoms with Gasteiger partial charge in [-0.1, -0.05) is 46.6 Å². The molecule has 0 radical (unpaired) electrons. The average molecular weight is 497 g/mol. The second-order valence-corrected chi connectivity index (χ2v) is 11.4. The van der Waals surface area contributed by atoms with Crippen molar-refractivity contribution in [1.82, 2.24) is 19.3 Å². The monoisotopic (exact) mass is 496 g/mol. The second kappa shape index (κ2) is 10.3. The molecule has 1 aromatic heterocycles. The van der Waals surface area contributed by atoms with E-state index < -0.39 is 15.9 Å². The fourth-order valence-corrected chi connectivity index (χ4v) is 5.86. The standard InChI is InChI=1S/C26H32N4O4S/c1-18(2)30(17-24-27-25(28-34-24)21-8-5-7-20(4)15-21)26(31)22-9-6-14-29(16-22)35(32,33)23-12-10-19(3)11-13-23/h5,7-8,10-13,15,18,22H,6,9,14,16-17H2,1-4H3/t22-/m1/s1. The van der Waals surface area contributed by atoms with Crippen molar-refractivity contribution in [3.63, 3.8) is 0 Å². The molecular formula is C26H32N4O4S. The molecule has 0 spiro atoms. The van der Waals surface area contributed by atoms with Crippen LogP contribution in [0.25, 0.3) is 11.4 Å². The molecule has 186 valence electrons. The number of benzene rings is 2. The fraction of sp³-hybridized carbons (Fsp3) is 0.423. The Morgan fingerprint density at radius 3 is 2.57 bits per heavy atom. The van der Waals surface area contributed by atoms with Crippen molar-refractivity contribution >= 4 is 15.9 Å². The van der Waals surface area contributed by atoms with E-state index in [1.54, 1.807) is 29.2 Å². The number of piperidine rings is 1. The van der Waals surface area contributed by atoms with Gasteiger partial charge in [0.25, 0.3) is 0 Å². The van der Waals surface area contributed by atoms with Crippen LogP contribution in [0.1, 0.15) is 43.7 Å². The maximum Gasteiger partial charge on any atom is 0.246 e. The third-order valence-corrected chi connectivity index (χ3v) is 8.23. The van der Waals surface area contributed by atoms with Gasteiger partial charge in [0.15, 0.2) is 0 Å². The highest BCUT2D eigenvalue weighted by atomic mass is 32.2. The number of aromatic nitrogens is 2. The van der Waals surface area contributed by atoms with E-state index >= 15 is 0 Å². The summed E-state index contributed by atoms with van der Waals surface area (Å²) in [4.78, 5) is 20.0. The molecule has 3 aromatic rings. The molecule has 1 atom stereocenters. The van der Waals surface area contributed by atoms with Gasteiger partial charge in [0.05, 0.1) is 10.8 Å². The molecule has 2 aromatic carbocycles. The highest BCUT2D eigenvalue weighted by Gasteiger charge is 2.36. The van der Waals surface area contributed by atoms with Crippen molar-refractivity contribution < 1.29 is 17.7 Å². The lowest BCUT2D eigenvalue weighted by atomic mass is 9.97. The number of hydrogen-bond acceptors (Lipinski definition) is 6. The van der Waals surface area contributed by atoms with Crippen LogP contribution in [0, 0.1) is 19.8 Å². The summed E-state index contributed by atoms with van der Waals surface area (Å²) >= 11 is 0. The summed E-state index contributed by atoms with van der Waals surface area (Å²) in [5, 5.41) is 4.08. The average Bonchev–Trinajstić information content (AvgIpc) is 3.31. The first-order chi connectivity index (χ1) is 16.6. The van der Waals surface area contributed by atoms with E-state index in [9.17, 15) is 13.2 Å². The molecule has 1 aliphatic heterocycles. The number of nitrogens with zero attached hydrogens (tertiary/aromatic N) is 4. The number of rotatable bonds is 7. The SMILES string of the molecule is Cc1ccc(S(=O)(=O)N2CCC[C@@H](C(=O)N(Cc3nc(-c4cccc(C)c4)no3)C(C)C)C2)cc1. The molecular weight excluding hydrogens is 464 g/mol. The van der Waals surface area contributed by atoms with Gasteiger partial charge in [-0.25, -0.2) is 8.42 Å². The molecule has 0 unspecified atom stereocenters. The number of carbonyl (C=O) groups excluding carboxylic acids is 1. The lowest BCUT2D eigenvalue weighted by molar-refractivity contribution is -0.139. The molecule has 2 heterocycles. The van der Waals surface area contributed by atoms with Crippen molar-refractivity contribution in [2.75, 3.05) is 13.1 Å². The molecule has 1 amide bonds. The Balaban J connectivity index is 1.49. The Hall–Kier alpha value is -3.04. The topological polar surface area (TPSA) is 96.6 Å². The van der Waals surface area contributed by atoms with Gasteiger partial charge in [-0.2, -0.15) is 9.29 Å². The minimum Gasteiger partial charge on any atom is -0.337 e. The fourth-order valence-electron chi connectivity index (χ4n) is 4.34. The van der Waals surface area contributed by atoms with E-state index in [1.165, 1.54) is 4.31 Å². The number of amides is 1. The first-order valence-corrected chi connectivity index (χ1v) is 13.4. The molecule has 1 aliphatic rings. The van der Waals surface area contributed by atoms with Crippen molar-refractivity contribution in [3.05, 3.63) is 65.5 Å². The third kappa shape index (κ3) is 5.62. The van der Waals surface area contributed by atoms with E-state index in [-0.39, 0.29) is 29.9 Å². The quantitative estimate of drug-likeness (QED) is 0.487. The van der Waals surface area contributed by atoms with E-state index in [0.29, 0.717) is 31.1 Å². The predicted octanol–water partition coefficient (Wildman–Crippen LogP) is 4.19. The number of carbonyl (C=O) groups is 1. The third-order valence-electron chi connectivity index (χ3n) is 6.35. The van der Waals surface area contributed by atoms with E-state index in [2.05, 4.69) is 10.1 Å². The summed E-state index contributed by atoms with van der Waals surface area (Å²) in [5.41, 5.74) is 2.94. The molecule has 0 N–H and O–H groups in total. The van der Waals surface area contributed by atoms with Crippen LogP contribution in [0.4, 0.5) is 0 Å². The van der Waals surface area contributed by atoms with E-state index in [1.807, 2.05) is 52.0 Å². The van der Waals surface area contributed by atoms with Gasteiger partial charge in [0, 0.05) is 24.7 Å². The Morgan fingerprint density at radius 2 is 1.89 bits per heavy atom. The van der Waals surface area contributed by atoms with Crippen LogP contribution in [0.5, 0.6) is 0 Å². The summed E-state index contributed by atoms with van der Waals surface area (Å²) < 4.78 is 33.3. The van der Waals surface area contributed by atoms with Gasteiger partial charge in [-0.15, -0.1) is 0 Å². The lowest BCUT2D eigenvalue weighted by Gasteiger charge is -2.35. The molecule has 9 heteroatoms. The summed E-state index contributed by atoms with van der Waals surface area (Å²) in [6.45, 7) is 8.52. The zero-order chi connectivity index (χ0) is 25.2. The van der Waals surface area contributed by atoms with Crippen molar-refractivity contribution in [3.8, 4) is 11.4 Å². The second-order valence-electron chi connectivity index (χ2n) is 9.46. The Bertz CT molecular complexity index is 1280. The van der Waals surface area contributed by atoms with Crippen molar-refractivity contribution in [2.24, 2.45) is 5.92 Å². The summed E-state index contributed by atoms with van der Waals surface area (Å²) in [6.07, 6.45) is 1.27. The van der Waals surface area contributed by atoms with Gasteiger partial charge in [-0.05, 0) is 58.7 Å². The summed E-state index contributed by atoms with van der Waals surface area (Å²) in [6, 6.07) is 14.5. The highest BCUT2D eigenvalue weighted by molar-refractivity contribution is 7.89. The van der Waals surface area contributed by atoms with Crippen LogP contribution in [0.2, 0.25) is 0 Å². The van der Waals surface area contributed by atoms with Crippen LogP contribution in [-0.4, -0.2) is 52.8 Å². The number of aryl methyl sites for hydroxylation is 2. The zero-order valence-electron chi connectivity index (χ0n) is 20.6. The Labute approximate surface area is 207 Å². The molecule has 4 rings (SSSR count). The normalized spacial score (nSPS) is 17.0. The summed E-state index contributed by atoms with van der Waals surface area (Å²) in [5.74, 6) is 0.307. The van der Waals surface area contributed by atoms with Crippen molar-refractivity contribution in [1.29, 1.82) is 0 Å². The minimum atomic E-state index is -3.66. The van der Waals surface area contributed by atoms with E-state index in [0.717, 1.165) is 16.7 Å². The molecule has 1 fully saturated rings. The summed E-state index contributed by atoms with van der Waals surface area (Å²) in [7, 11) is -3.66. The Morgan fingerprint density at radius 1 is 1.14 bits per heavy atom. The minimum absolute atomic E-state index is 0.0980. The molecule has 0 aliphatic carbocycles. The zero-order valence-corrected chi connectivity index (χ0v) is 21.5. The molecule has 0 bridgehead atoms. The van der Waals surface area contributed by atoms with Gasteiger partial charge < -0.3 is 9.42 Å². The molecule has 8 nitrogen and oxygen atoms in total. The van der Waals surface area contributed by atoms with Crippen LogP contribution < -0.4 is 0 Å². The van der Waals surface area contributed by atoms with Gasteiger partial charge >= 0.3 is 0 Å². The van der Waals surface area contributed by atoms with Crippen LogP contribution in [0.15, 0.2) is 57.9 Å². The smallest absolute Gasteiger partial charge is 0.246 e. The number of sulfonamides is 1. The largest absolute Gasteiger partial charge is 0.337 e. The van der Waals surface area contributed by atoms with Gasteiger partial charge in [-0.3, -0.25) is 4.79 Å². The van der Waals surface area contributed by atoms with Crippen molar-refractivity contribution in [2.45, 2.75) is 58.0 Å². The highest BCUT2D eigenvalue weighted by Crippen LogP contribution is 2.27. The van der Waals surface area contributed by atoms with Crippen LogP contribution in [0.3, 0.4) is 0 Å². The van der Waals surface area contributed by atoms with Gasteiger partial charge in [0.2, 0.25) is 27.6 Å². The number of hydrogen-bond donors (Lipinski definition) is 0. The van der Waals surface area contributed by atoms with Crippen LogP contribution >= 0.6 is 0 Å². The van der Waals surface area contributed by atoms with E-state index in [4.69, 9.17) is 4.52 Å². The maximum atomic E-state index is 13.5.